The number of benzene rings is 1. The summed E-state index contributed by atoms with van der Waals surface area (Å²) in [5, 5.41) is 6.72. The highest BCUT2D eigenvalue weighted by molar-refractivity contribution is 14.0. The van der Waals surface area contributed by atoms with Crippen molar-refractivity contribution in [2.75, 3.05) is 39.7 Å². The molecule has 0 unspecified atom stereocenters. The Labute approximate surface area is 179 Å². The number of nitrogens with one attached hydrogen (secondary N) is 2. The number of hydrogen-bond acceptors (Lipinski definition) is 4. The molecule has 0 aromatic heterocycles. The lowest BCUT2D eigenvalue weighted by molar-refractivity contribution is 0.113. The van der Waals surface area contributed by atoms with Gasteiger partial charge in [0, 0.05) is 30.9 Å². The molecule has 2 saturated carbocycles. The Kier molecular flexibility index (Phi) is 7.88. The van der Waals surface area contributed by atoms with Crippen LogP contribution in [-0.4, -0.2) is 40.4 Å². The smallest absolute Gasteiger partial charge is 0.203 e. The van der Waals surface area contributed by atoms with Crippen LogP contribution in [0.2, 0.25) is 0 Å². The van der Waals surface area contributed by atoms with Gasteiger partial charge in [-0.2, -0.15) is 0 Å². The van der Waals surface area contributed by atoms with Gasteiger partial charge in [0.1, 0.15) is 0 Å². The van der Waals surface area contributed by atoms with E-state index in [4.69, 9.17) is 19.2 Å². The summed E-state index contributed by atoms with van der Waals surface area (Å²) in [4.78, 5) is 4.90. The first kappa shape index (κ1) is 21.9. The maximum atomic E-state index is 5.44. The molecule has 0 bridgehead atoms. The zero-order valence-corrected chi connectivity index (χ0v) is 19.1. The number of methoxy groups -OCH3 is 3. The molecule has 1 aromatic rings. The van der Waals surface area contributed by atoms with Gasteiger partial charge in [0.15, 0.2) is 17.5 Å². The number of rotatable bonds is 8. The molecule has 2 aliphatic rings. The van der Waals surface area contributed by atoms with E-state index in [0.717, 1.165) is 30.7 Å². The highest BCUT2D eigenvalue weighted by Crippen LogP contribution is 2.57. The van der Waals surface area contributed by atoms with Gasteiger partial charge in [-0.1, -0.05) is 6.42 Å². The van der Waals surface area contributed by atoms with Gasteiger partial charge < -0.3 is 24.8 Å². The predicted molar refractivity (Wildman–Crippen MR) is 120 cm³/mol. The maximum Gasteiger partial charge on any atom is 0.203 e. The van der Waals surface area contributed by atoms with Crippen molar-refractivity contribution in [3.63, 3.8) is 0 Å². The van der Waals surface area contributed by atoms with Crippen molar-refractivity contribution >= 4 is 35.6 Å². The first-order chi connectivity index (χ1) is 12.7. The van der Waals surface area contributed by atoms with Gasteiger partial charge in [-0.25, -0.2) is 0 Å². The van der Waals surface area contributed by atoms with Crippen molar-refractivity contribution in [1.29, 1.82) is 0 Å². The normalized spacial score (nSPS) is 18.0. The third-order valence-electron chi connectivity index (χ3n) is 5.62. The van der Waals surface area contributed by atoms with Crippen molar-refractivity contribution < 1.29 is 14.2 Å². The van der Waals surface area contributed by atoms with Gasteiger partial charge in [0.2, 0.25) is 5.75 Å². The summed E-state index contributed by atoms with van der Waals surface area (Å²) in [7, 11) is 4.85. The lowest BCUT2D eigenvalue weighted by atomic mass is 9.65. The molecule has 6 nitrogen and oxygen atoms in total. The average molecular weight is 489 g/mol. The van der Waals surface area contributed by atoms with E-state index in [1.807, 2.05) is 12.1 Å². The Bertz CT molecular complexity index is 633. The average Bonchev–Trinajstić information content (AvgIpc) is 3.45. The van der Waals surface area contributed by atoms with Crippen molar-refractivity contribution in [1.82, 2.24) is 5.32 Å². The molecular formula is C20H32IN3O3. The molecule has 0 saturated heterocycles. The van der Waals surface area contributed by atoms with Crippen LogP contribution in [0, 0.1) is 11.3 Å². The highest BCUT2D eigenvalue weighted by Gasteiger charge is 2.48. The zero-order valence-electron chi connectivity index (χ0n) is 16.8. The molecule has 0 amide bonds. The van der Waals surface area contributed by atoms with Crippen LogP contribution in [0.15, 0.2) is 17.1 Å². The molecule has 3 rings (SSSR count). The maximum absolute atomic E-state index is 5.44. The lowest BCUT2D eigenvalue weighted by Crippen LogP contribution is -2.37. The van der Waals surface area contributed by atoms with Crippen LogP contribution < -0.4 is 24.8 Å². The molecule has 27 heavy (non-hydrogen) atoms. The van der Waals surface area contributed by atoms with Crippen LogP contribution in [0.4, 0.5) is 5.69 Å². The Morgan fingerprint density at radius 1 is 1.11 bits per heavy atom. The quantitative estimate of drug-likeness (QED) is 0.324. The van der Waals surface area contributed by atoms with Gasteiger partial charge in [-0.15, -0.1) is 24.0 Å². The molecule has 2 fully saturated rings. The second-order valence-electron chi connectivity index (χ2n) is 7.22. The number of aliphatic imine (C=N–C) groups is 1. The predicted octanol–water partition coefficient (Wildman–Crippen LogP) is 4.29. The Balaban J connectivity index is 0.00000261. The summed E-state index contributed by atoms with van der Waals surface area (Å²) in [6.07, 6.45) is 6.76. The molecular weight excluding hydrogens is 457 g/mol. The number of guanidine groups is 1. The minimum Gasteiger partial charge on any atom is -0.493 e. The van der Waals surface area contributed by atoms with Crippen molar-refractivity contribution in [2.24, 2.45) is 16.3 Å². The van der Waals surface area contributed by atoms with Gasteiger partial charge in [0.25, 0.3) is 0 Å². The molecule has 0 aliphatic heterocycles. The molecule has 0 spiro atoms. The van der Waals surface area contributed by atoms with E-state index < -0.39 is 0 Å². The minimum absolute atomic E-state index is 0. The Morgan fingerprint density at radius 3 is 2.15 bits per heavy atom. The fourth-order valence-corrected chi connectivity index (χ4v) is 3.86. The Morgan fingerprint density at radius 2 is 1.74 bits per heavy atom. The molecule has 152 valence electrons. The SMILES string of the molecule is CCNC(=NCC1(C2CC2)CCC1)Nc1cc(OC)c(OC)c(OC)c1.I. The van der Waals surface area contributed by atoms with Crippen molar-refractivity contribution in [3.05, 3.63) is 12.1 Å². The summed E-state index contributed by atoms with van der Waals surface area (Å²) < 4.78 is 16.3. The molecule has 2 aliphatic carbocycles. The third-order valence-corrected chi connectivity index (χ3v) is 5.62. The highest BCUT2D eigenvalue weighted by atomic mass is 127. The minimum atomic E-state index is 0. The second kappa shape index (κ2) is 9.71. The van der Waals surface area contributed by atoms with Gasteiger partial charge in [0.05, 0.1) is 21.3 Å². The van der Waals surface area contributed by atoms with Crippen molar-refractivity contribution in [2.45, 2.75) is 39.0 Å². The summed E-state index contributed by atoms with van der Waals surface area (Å²) in [5.41, 5.74) is 1.31. The first-order valence-electron chi connectivity index (χ1n) is 9.51. The summed E-state index contributed by atoms with van der Waals surface area (Å²) >= 11 is 0. The summed E-state index contributed by atoms with van der Waals surface area (Å²) in [5.74, 6) is 3.53. The largest absolute Gasteiger partial charge is 0.493 e. The van der Waals surface area contributed by atoms with E-state index in [1.165, 1.54) is 32.1 Å². The monoisotopic (exact) mass is 489 g/mol. The van der Waals surface area contributed by atoms with E-state index in [2.05, 4.69) is 17.6 Å². The molecule has 0 heterocycles. The van der Waals surface area contributed by atoms with Crippen LogP contribution >= 0.6 is 24.0 Å². The molecule has 2 N–H and O–H groups in total. The van der Waals surface area contributed by atoms with Crippen LogP contribution in [0.1, 0.15) is 39.0 Å². The Hall–Kier alpha value is -1.38. The lowest BCUT2D eigenvalue weighted by Gasteiger charge is -2.41. The fraction of sp³-hybridized carbons (Fsp3) is 0.650. The molecule has 1 aromatic carbocycles. The van der Waals surface area contributed by atoms with Crippen molar-refractivity contribution in [3.8, 4) is 17.2 Å². The molecule has 0 atom stereocenters. The van der Waals surface area contributed by atoms with Crippen LogP contribution in [0.25, 0.3) is 0 Å². The fourth-order valence-electron chi connectivity index (χ4n) is 3.86. The van der Waals surface area contributed by atoms with Gasteiger partial charge >= 0.3 is 0 Å². The van der Waals surface area contributed by atoms with E-state index in [9.17, 15) is 0 Å². The third kappa shape index (κ3) is 4.92. The first-order valence-corrected chi connectivity index (χ1v) is 9.51. The number of anilines is 1. The van der Waals surface area contributed by atoms with E-state index in [0.29, 0.717) is 22.7 Å². The van der Waals surface area contributed by atoms with Gasteiger partial charge in [-0.3, -0.25) is 4.99 Å². The van der Waals surface area contributed by atoms with Crippen LogP contribution in [0.3, 0.4) is 0 Å². The van der Waals surface area contributed by atoms with Crippen LogP contribution in [-0.2, 0) is 0 Å². The number of hydrogen-bond donors (Lipinski definition) is 2. The number of nitrogens with zero attached hydrogens (tertiary/aromatic N) is 1. The number of halogens is 1. The van der Waals surface area contributed by atoms with E-state index in [1.54, 1.807) is 21.3 Å². The van der Waals surface area contributed by atoms with E-state index >= 15 is 0 Å². The second-order valence-corrected chi connectivity index (χ2v) is 7.22. The topological polar surface area (TPSA) is 64.1 Å². The number of ether oxygens (including phenoxy) is 3. The van der Waals surface area contributed by atoms with Crippen LogP contribution in [0.5, 0.6) is 17.2 Å². The molecule has 7 heteroatoms. The summed E-state index contributed by atoms with van der Waals surface area (Å²) in [6.45, 7) is 3.79. The van der Waals surface area contributed by atoms with E-state index in [-0.39, 0.29) is 24.0 Å². The molecule has 0 radical (unpaired) electrons. The van der Waals surface area contributed by atoms with Gasteiger partial charge in [-0.05, 0) is 43.9 Å². The standard InChI is InChI=1S/C20H31N3O3.HI/c1-5-21-19(22-13-20(9-6-10-20)14-7-8-14)23-15-11-16(24-2)18(26-4)17(12-15)25-3;/h11-12,14H,5-10,13H2,1-4H3,(H2,21,22,23);1H. The summed E-state index contributed by atoms with van der Waals surface area (Å²) in [6, 6.07) is 3.79. The zero-order chi connectivity index (χ0) is 18.6.